The van der Waals surface area contributed by atoms with E-state index >= 15 is 0 Å². The summed E-state index contributed by atoms with van der Waals surface area (Å²) in [5.74, 6) is 0.455. The van der Waals surface area contributed by atoms with Gasteiger partial charge in [-0.2, -0.15) is 0 Å². The number of benzene rings is 2. The summed E-state index contributed by atoms with van der Waals surface area (Å²) < 4.78 is 0. The van der Waals surface area contributed by atoms with Gasteiger partial charge in [0.2, 0.25) is 0 Å². The van der Waals surface area contributed by atoms with Gasteiger partial charge in [-0.1, -0.05) is 56.3 Å². The summed E-state index contributed by atoms with van der Waals surface area (Å²) in [5.41, 5.74) is 7.41. The van der Waals surface area contributed by atoms with Crippen molar-refractivity contribution >= 4 is 16.1 Å². The summed E-state index contributed by atoms with van der Waals surface area (Å²) in [4.78, 5) is 1.64. The van der Waals surface area contributed by atoms with Gasteiger partial charge in [0.15, 0.2) is 0 Å². The Bertz CT molecular complexity index is 733. The first kappa shape index (κ1) is 16.4. The van der Waals surface area contributed by atoms with Crippen molar-refractivity contribution in [3.8, 4) is 0 Å². The first-order valence-electron chi connectivity index (χ1n) is 8.49. The Kier molecular flexibility index (Phi) is 4.42. The molecule has 1 aliphatic rings. The Balaban J connectivity index is 2.04. The molecule has 0 heterocycles. The normalized spacial score (nSPS) is 16.0. The molecular weight excluding hydrogens is 296 g/mol. The van der Waals surface area contributed by atoms with E-state index in [2.05, 4.69) is 81.2 Å². The quantitative estimate of drug-likeness (QED) is 0.648. The number of hydrogen-bond acceptors (Lipinski definition) is 0. The summed E-state index contributed by atoms with van der Waals surface area (Å²) >= 11 is 0. The second kappa shape index (κ2) is 6.20. The largest absolute Gasteiger partial charge is 0.227 e. The minimum Gasteiger partial charge on any atom is -0.227 e. The van der Waals surface area contributed by atoms with Gasteiger partial charge < -0.3 is 0 Å². The fourth-order valence-electron chi connectivity index (χ4n) is 3.45. The third-order valence-electron chi connectivity index (χ3n) is 5.02. The van der Waals surface area contributed by atoms with E-state index in [4.69, 9.17) is 0 Å². The molecule has 0 N–H and O–H groups in total. The molecule has 0 amide bonds. The third-order valence-corrected chi connectivity index (χ3v) is 6.85. The fraction of sp³-hybridized carbons (Fsp3) is 0.364. The highest BCUT2D eigenvalue weighted by atomic mass is 32.3. The maximum absolute atomic E-state index is 2.47. The van der Waals surface area contributed by atoms with Crippen molar-refractivity contribution in [1.29, 1.82) is 0 Å². The molecule has 0 radical (unpaired) electrons. The van der Waals surface area contributed by atoms with Crippen LogP contribution in [0.3, 0.4) is 0 Å². The molecule has 0 saturated carbocycles. The van der Waals surface area contributed by atoms with Gasteiger partial charge >= 0.3 is 0 Å². The average molecular weight is 325 g/mol. The van der Waals surface area contributed by atoms with E-state index < -0.39 is 10.0 Å². The summed E-state index contributed by atoms with van der Waals surface area (Å²) in [7, 11) is -0.614. The van der Waals surface area contributed by atoms with Crippen molar-refractivity contribution in [3.63, 3.8) is 0 Å². The predicted molar refractivity (Wildman–Crippen MR) is 107 cm³/mol. The minimum atomic E-state index is -0.614. The van der Waals surface area contributed by atoms with Crippen molar-refractivity contribution in [2.45, 2.75) is 32.6 Å². The molecule has 0 nitrogen and oxygen atoms in total. The van der Waals surface area contributed by atoms with E-state index in [1.807, 2.05) is 0 Å². The lowest BCUT2D eigenvalue weighted by atomic mass is 9.86. The van der Waals surface area contributed by atoms with E-state index in [1.54, 1.807) is 4.91 Å². The Labute approximate surface area is 143 Å². The third kappa shape index (κ3) is 3.26. The Hall–Kier alpha value is -1.47. The Morgan fingerprint density at radius 2 is 1.74 bits per heavy atom. The maximum atomic E-state index is 2.47. The molecule has 3 rings (SSSR count). The molecule has 1 aliphatic carbocycles. The molecular formula is C22H28S. The second-order valence-electron chi connectivity index (χ2n) is 7.36. The van der Waals surface area contributed by atoms with Crippen molar-refractivity contribution in [1.82, 2.24) is 0 Å². The van der Waals surface area contributed by atoms with Gasteiger partial charge in [0.1, 0.15) is 0 Å². The molecule has 0 aromatic heterocycles. The number of aryl methyl sites for hydroxylation is 1. The molecule has 23 heavy (non-hydrogen) atoms. The molecule has 0 fully saturated rings. The lowest BCUT2D eigenvalue weighted by Gasteiger charge is -2.27. The van der Waals surface area contributed by atoms with Gasteiger partial charge in [-0.05, 0) is 64.0 Å². The van der Waals surface area contributed by atoms with E-state index in [0.29, 0.717) is 5.92 Å². The molecule has 0 aliphatic heterocycles. The molecule has 0 bridgehead atoms. The first-order valence-corrected chi connectivity index (χ1v) is 11.4. The van der Waals surface area contributed by atoms with Crippen molar-refractivity contribution in [2.75, 3.05) is 18.8 Å². The highest BCUT2D eigenvalue weighted by molar-refractivity contribution is 8.35. The molecule has 0 spiro atoms. The van der Waals surface area contributed by atoms with Gasteiger partial charge in [0.05, 0.1) is 0 Å². The van der Waals surface area contributed by atoms with Crippen LogP contribution < -0.4 is 0 Å². The standard InChI is InChI=1S/C22H28S/c1-6-17-12-19-13-21(23(3,4)5)14-20(19)15-22(17)16(2)18-10-8-7-9-11-18/h7-12,14-16H,6,13H2,1-5H3. The van der Waals surface area contributed by atoms with E-state index in [1.165, 1.54) is 27.8 Å². The van der Waals surface area contributed by atoms with Gasteiger partial charge in [0.25, 0.3) is 0 Å². The van der Waals surface area contributed by atoms with E-state index in [0.717, 1.165) is 12.8 Å². The smallest absolute Gasteiger partial charge is 0.00639 e. The zero-order chi connectivity index (χ0) is 16.6. The summed E-state index contributed by atoms with van der Waals surface area (Å²) in [6.45, 7) is 4.62. The van der Waals surface area contributed by atoms with Crippen LogP contribution in [0.5, 0.6) is 0 Å². The van der Waals surface area contributed by atoms with E-state index in [9.17, 15) is 0 Å². The monoisotopic (exact) mass is 324 g/mol. The zero-order valence-electron chi connectivity index (χ0n) is 15.0. The lowest BCUT2D eigenvalue weighted by Crippen LogP contribution is -2.03. The minimum absolute atomic E-state index is 0.455. The van der Waals surface area contributed by atoms with Gasteiger partial charge in [-0.25, -0.2) is 10.0 Å². The van der Waals surface area contributed by atoms with Gasteiger partial charge in [-0.15, -0.1) is 0 Å². The van der Waals surface area contributed by atoms with E-state index in [-0.39, 0.29) is 0 Å². The molecule has 1 unspecified atom stereocenters. The summed E-state index contributed by atoms with van der Waals surface area (Å²) in [5, 5.41) is 0. The van der Waals surface area contributed by atoms with Crippen LogP contribution in [0.15, 0.2) is 47.4 Å². The van der Waals surface area contributed by atoms with Crippen LogP contribution in [0.2, 0.25) is 0 Å². The van der Waals surface area contributed by atoms with Crippen LogP contribution in [-0.4, -0.2) is 18.8 Å². The van der Waals surface area contributed by atoms with Crippen molar-refractivity contribution in [2.24, 2.45) is 0 Å². The zero-order valence-corrected chi connectivity index (χ0v) is 15.8. The van der Waals surface area contributed by atoms with Crippen LogP contribution >= 0.6 is 10.0 Å². The van der Waals surface area contributed by atoms with Crippen molar-refractivity contribution in [3.05, 3.63) is 75.2 Å². The highest BCUT2D eigenvalue weighted by Gasteiger charge is 2.22. The molecule has 2 aromatic carbocycles. The molecule has 2 aromatic rings. The first-order chi connectivity index (χ1) is 10.9. The Morgan fingerprint density at radius 3 is 2.35 bits per heavy atom. The highest BCUT2D eigenvalue weighted by Crippen LogP contribution is 2.50. The second-order valence-corrected chi connectivity index (χ2v) is 11.6. The number of hydrogen-bond donors (Lipinski definition) is 0. The summed E-state index contributed by atoms with van der Waals surface area (Å²) in [6.07, 6.45) is 11.9. The molecule has 1 heteroatoms. The average Bonchev–Trinajstić information content (AvgIpc) is 2.97. The SMILES string of the molecule is CCc1cc2c(cc1C(C)c1ccccc1)C=C(S(C)(C)C)C2. The van der Waals surface area contributed by atoms with Crippen LogP contribution in [-0.2, 0) is 12.8 Å². The van der Waals surface area contributed by atoms with Crippen LogP contribution in [0.1, 0.15) is 47.6 Å². The van der Waals surface area contributed by atoms with Crippen LogP contribution in [0.4, 0.5) is 0 Å². The maximum Gasteiger partial charge on any atom is 0.00639 e. The molecule has 122 valence electrons. The lowest BCUT2D eigenvalue weighted by molar-refractivity contribution is 0.890. The van der Waals surface area contributed by atoms with Gasteiger partial charge in [0, 0.05) is 12.3 Å². The number of rotatable bonds is 4. The molecule has 1 atom stereocenters. The number of allylic oxidation sites excluding steroid dienone is 1. The molecule has 0 saturated heterocycles. The van der Waals surface area contributed by atoms with Gasteiger partial charge in [-0.3, -0.25) is 0 Å². The van der Waals surface area contributed by atoms with Crippen LogP contribution in [0, 0.1) is 0 Å². The Morgan fingerprint density at radius 1 is 1.04 bits per heavy atom. The predicted octanol–water partition coefficient (Wildman–Crippen LogP) is 5.99. The topological polar surface area (TPSA) is 0 Å². The summed E-state index contributed by atoms with van der Waals surface area (Å²) in [6, 6.07) is 15.8. The van der Waals surface area contributed by atoms with Crippen molar-refractivity contribution < 1.29 is 0 Å². The van der Waals surface area contributed by atoms with Crippen LogP contribution in [0.25, 0.3) is 6.08 Å². The fourth-order valence-corrected chi connectivity index (χ4v) is 4.52. The number of fused-ring (bicyclic) bond motifs is 1.